The number of para-hydroxylation sites is 2. The van der Waals surface area contributed by atoms with Gasteiger partial charge in [-0.15, -0.1) is 0 Å². The van der Waals surface area contributed by atoms with E-state index in [0.29, 0.717) is 23.9 Å². The van der Waals surface area contributed by atoms with Crippen LogP contribution in [0.25, 0.3) is 11.0 Å². The molecule has 0 saturated carbocycles. The first-order valence-corrected chi connectivity index (χ1v) is 7.20. The number of carbonyl (C=O) groups excluding carboxylic acids is 1. The number of carbonyl (C=O) groups is 1. The fourth-order valence-electron chi connectivity index (χ4n) is 2.28. The fourth-order valence-corrected chi connectivity index (χ4v) is 2.28. The molecule has 3 aromatic rings. The van der Waals surface area contributed by atoms with E-state index >= 15 is 0 Å². The molecule has 1 unspecified atom stereocenters. The zero-order chi connectivity index (χ0) is 16.2. The molecule has 6 nitrogen and oxygen atoms in total. The van der Waals surface area contributed by atoms with E-state index in [0.717, 1.165) is 11.0 Å². The molecule has 3 rings (SSSR count). The van der Waals surface area contributed by atoms with Gasteiger partial charge in [-0.1, -0.05) is 12.1 Å². The van der Waals surface area contributed by atoms with E-state index in [1.807, 2.05) is 37.3 Å². The third kappa shape index (κ3) is 2.90. The third-order valence-electron chi connectivity index (χ3n) is 3.39. The molecule has 6 heteroatoms. The van der Waals surface area contributed by atoms with E-state index in [1.165, 1.54) is 6.20 Å². The molecule has 0 aliphatic carbocycles. The molecular formula is C17H14N4O2. The molecule has 0 spiro atoms. The molecule has 0 aliphatic rings. The Morgan fingerprint density at radius 2 is 2.17 bits per heavy atom. The minimum Gasteiger partial charge on any atom is -0.478 e. The van der Waals surface area contributed by atoms with Gasteiger partial charge in [0.15, 0.2) is 11.7 Å². The second-order valence-electron chi connectivity index (χ2n) is 4.88. The van der Waals surface area contributed by atoms with Gasteiger partial charge >= 0.3 is 0 Å². The molecule has 114 valence electrons. The van der Waals surface area contributed by atoms with Gasteiger partial charge in [0.2, 0.25) is 5.88 Å². The first-order valence-electron chi connectivity index (χ1n) is 7.20. The minimum atomic E-state index is -0.998. The van der Waals surface area contributed by atoms with Gasteiger partial charge in [-0.3, -0.25) is 4.79 Å². The lowest BCUT2D eigenvalue weighted by atomic mass is 9.99. The number of benzene rings is 1. The Bertz CT molecular complexity index is 844. The van der Waals surface area contributed by atoms with Gasteiger partial charge in [-0.05, 0) is 25.1 Å². The summed E-state index contributed by atoms with van der Waals surface area (Å²) in [5.41, 5.74) is 1.86. The number of ketones is 1. The number of aromatic nitrogens is 3. The molecular weight excluding hydrogens is 292 g/mol. The van der Waals surface area contributed by atoms with Gasteiger partial charge in [0.1, 0.15) is 5.82 Å². The number of Topliss-reactive ketones (excluding diaryl/α,β-unsaturated/α-hetero) is 1. The number of rotatable bonds is 5. The zero-order valence-electron chi connectivity index (χ0n) is 12.5. The topological polar surface area (TPSA) is 91.7 Å². The smallest absolute Gasteiger partial charge is 0.213 e. The van der Waals surface area contributed by atoms with Gasteiger partial charge in [-0.25, -0.2) is 9.97 Å². The van der Waals surface area contributed by atoms with Crippen LogP contribution in [0, 0.1) is 11.3 Å². The molecule has 0 saturated heterocycles. The van der Waals surface area contributed by atoms with E-state index in [-0.39, 0.29) is 5.78 Å². The van der Waals surface area contributed by atoms with Crippen LogP contribution >= 0.6 is 0 Å². The summed E-state index contributed by atoms with van der Waals surface area (Å²) in [6, 6.07) is 12.6. The predicted molar refractivity (Wildman–Crippen MR) is 84.2 cm³/mol. The Balaban J connectivity index is 1.90. The van der Waals surface area contributed by atoms with Crippen molar-refractivity contribution in [2.75, 3.05) is 6.61 Å². The summed E-state index contributed by atoms with van der Waals surface area (Å²) in [5.74, 6) is -0.557. The molecule has 0 amide bonds. The second-order valence-corrected chi connectivity index (χ2v) is 4.88. The number of H-pyrrole nitrogens is 1. The van der Waals surface area contributed by atoms with Crippen LogP contribution in [0.4, 0.5) is 0 Å². The standard InChI is InChI=1S/C17H14N4O2/c1-2-23-15-8-7-11(10-19-15)16(22)12(9-18)17-20-13-5-3-4-6-14(13)21-17/h3-8,10,12H,2H2,1H3,(H,20,21). The molecule has 1 atom stereocenters. The quantitative estimate of drug-likeness (QED) is 0.732. The van der Waals surface area contributed by atoms with Crippen molar-refractivity contribution in [1.29, 1.82) is 5.26 Å². The molecule has 2 aromatic heterocycles. The van der Waals surface area contributed by atoms with Crippen molar-refractivity contribution in [3.63, 3.8) is 0 Å². The molecule has 0 fully saturated rings. The highest BCUT2D eigenvalue weighted by Crippen LogP contribution is 2.21. The fraction of sp³-hybridized carbons (Fsp3) is 0.176. The summed E-state index contributed by atoms with van der Waals surface area (Å²) in [4.78, 5) is 24.0. The van der Waals surface area contributed by atoms with Gasteiger partial charge in [0.05, 0.1) is 23.7 Å². The number of pyridine rings is 1. The maximum atomic E-state index is 12.6. The van der Waals surface area contributed by atoms with Crippen LogP contribution in [0.1, 0.15) is 29.0 Å². The first-order chi connectivity index (χ1) is 11.2. The third-order valence-corrected chi connectivity index (χ3v) is 3.39. The highest BCUT2D eigenvalue weighted by Gasteiger charge is 2.25. The normalized spacial score (nSPS) is 11.8. The second kappa shape index (κ2) is 6.28. The average molecular weight is 306 g/mol. The van der Waals surface area contributed by atoms with Crippen LogP contribution in [-0.2, 0) is 0 Å². The summed E-state index contributed by atoms with van der Waals surface area (Å²) in [6.07, 6.45) is 1.42. The molecule has 2 heterocycles. The Hall–Kier alpha value is -3.20. The van der Waals surface area contributed by atoms with Gasteiger partial charge in [0.25, 0.3) is 0 Å². The summed E-state index contributed by atoms with van der Waals surface area (Å²) in [5, 5.41) is 9.40. The van der Waals surface area contributed by atoms with Gasteiger partial charge < -0.3 is 9.72 Å². The lowest BCUT2D eigenvalue weighted by Crippen LogP contribution is -2.13. The monoisotopic (exact) mass is 306 g/mol. The van der Waals surface area contributed by atoms with Crippen LogP contribution < -0.4 is 4.74 Å². The van der Waals surface area contributed by atoms with E-state index < -0.39 is 5.92 Å². The lowest BCUT2D eigenvalue weighted by molar-refractivity contribution is 0.0976. The highest BCUT2D eigenvalue weighted by molar-refractivity contribution is 6.02. The predicted octanol–water partition coefficient (Wildman–Crippen LogP) is 2.85. The SMILES string of the molecule is CCOc1ccc(C(=O)C(C#N)c2nc3ccccc3[nH]2)cn1. The number of nitrogens with zero attached hydrogens (tertiary/aromatic N) is 3. The molecule has 0 radical (unpaired) electrons. The van der Waals surface area contributed by atoms with Crippen LogP contribution in [-0.4, -0.2) is 27.3 Å². The minimum absolute atomic E-state index is 0.340. The maximum absolute atomic E-state index is 12.6. The molecule has 0 bridgehead atoms. The number of nitrogens with one attached hydrogen (secondary N) is 1. The van der Waals surface area contributed by atoms with Crippen LogP contribution in [0.15, 0.2) is 42.6 Å². The van der Waals surface area contributed by atoms with Crippen molar-refractivity contribution in [2.24, 2.45) is 0 Å². The number of nitriles is 1. The van der Waals surface area contributed by atoms with Gasteiger partial charge in [0, 0.05) is 17.8 Å². The van der Waals surface area contributed by atoms with E-state index in [9.17, 15) is 10.1 Å². The Labute approximate surface area is 132 Å². The van der Waals surface area contributed by atoms with E-state index in [2.05, 4.69) is 15.0 Å². The van der Waals surface area contributed by atoms with Crippen LogP contribution in [0.3, 0.4) is 0 Å². The summed E-state index contributed by atoms with van der Waals surface area (Å²) < 4.78 is 5.25. The average Bonchev–Trinajstić information content (AvgIpc) is 3.00. The van der Waals surface area contributed by atoms with Crippen molar-refractivity contribution in [2.45, 2.75) is 12.8 Å². The van der Waals surface area contributed by atoms with E-state index in [1.54, 1.807) is 12.1 Å². The zero-order valence-corrected chi connectivity index (χ0v) is 12.5. The van der Waals surface area contributed by atoms with Crippen molar-refractivity contribution in [3.05, 3.63) is 54.0 Å². The van der Waals surface area contributed by atoms with Crippen molar-refractivity contribution in [3.8, 4) is 11.9 Å². The maximum Gasteiger partial charge on any atom is 0.213 e. The summed E-state index contributed by atoms with van der Waals surface area (Å²) in [6.45, 7) is 2.36. The number of ether oxygens (including phenoxy) is 1. The van der Waals surface area contributed by atoms with Crippen LogP contribution in [0.2, 0.25) is 0 Å². The van der Waals surface area contributed by atoms with Crippen molar-refractivity contribution >= 4 is 16.8 Å². The summed E-state index contributed by atoms with van der Waals surface area (Å²) >= 11 is 0. The first kappa shape index (κ1) is 14.7. The lowest BCUT2D eigenvalue weighted by Gasteiger charge is -2.06. The molecule has 0 aliphatic heterocycles. The Morgan fingerprint density at radius 1 is 1.35 bits per heavy atom. The number of hydrogen-bond donors (Lipinski definition) is 1. The van der Waals surface area contributed by atoms with E-state index in [4.69, 9.17) is 4.74 Å². The summed E-state index contributed by atoms with van der Waals surface area (Å²) in [7, 11) is 0. The Kier molecular flexibility index (Phi) is 4.02. The van der Waals surface area contributed by atoms with Crippen LogP contribution in [0.5, 0.6) is 5.88 Å². The highest BCUT2D eigenvalue weighted by atomic mass is 16.5. The molecule has 1 aromatic carbocycles. The van der Waals surface area contributed by atoms with Crippen molar-refractivity contribution in [1.82, 2.24) is 15.0 Å². The number of imidazole rings is 1. The van der Waals surface area contributed by atoms with Crippen molar-refractivity contribution < 1.29 is 9.53 Å². The Morgan fingerprint density at radius 3 is 2.83 bits per heavy atom. The number of hydrogen-bond acceptors (Lipinski definition) is 5. The number of aromatic amines is 1. The number of fused-ring (bicyclic) bond motifs is 1. The molecule has 1 N–H and O–H groups in total. The molecule has 23 heavy (non-hydrogen) atoms. The largest absolute Gasteiger partial charge is 0.478 e. The van der Waals surface area contributed by atoms with Gasteiger partial charge in [-0.2, -0.15) is 5.26 Å².